The number of nitro groups is 1. The predicted octanol–water partition coefficient (Wildman–Crippen LogP) is 2.34. The largest absolute Gasteiger partial charge is 0.324 e. The van der Waals surface area contributed by atoms with Gasteiger partial charge in [-0.3, -0.25) is 10.1 Å². The molecule has 0 atom stereocenters. The van der Waals surface area contributed by atoms with Gasteiger partial charge in [-0.25, -0.2) is 13.1 Å². The summed E-state index contributed by atoms with van der Waals surface area (Å²) in [5.74, 6) is -1.16. The third kappa shape index (κ3) is 2.80. The quantitative estimate of drug-likeness (QED) is 0.683. The second kappa shape index (κ2) is 5.10. The van der Waals surface area contributed by atoms with E-state index in [4.69, 9.17) is 0 Å². The van der Waals surface area contributed by atoms with Crippen molar-refractivity contribution >= 4 is 15.7 Å². The molecule has 0 spiro atoms. The lowest BCUT2D eigenvalue weighted by Gasteiger charge is -2.24. The molecule has 1 aliphatic carbocycles. The van der Waals surface area contributed by atoms with Crippen molar-refractivity contribution in [3.63, 3.8) is 0 Å². The summed E-state index contributed by atoms with van der Waals surface area (Å²) in [7, 11) is -4.13. The van der Waals surface area contributed by atoms with Crippen molar-refractivity contribution in [2.75, 3.05) is 0 Å². The van der Waals surface area contributed by atoms with E-state index in [1.54, 1.807) is 6.92 Å². The zero-order valence-corrected chi connectivity index (χ0v) is 11.7. The summed E-state index contributed by atoms with van der Waals surface area (Å²) in [5, 5.41) is 10.9. The highest BCUT2D eigenvalue weighted by molar-refractivity contribution is 7.89. The zero-order chi connectivity index (χ0) is 15.0. The molecule has 1 aliphatic rings. The van der Waals surface area contributed by atoms with Crippen LogP contribution in [-0.2, 0) is 10.0 Å². The Balaban J connectivity index is 2.45. The Morgan fingerprint density at radius 3 is 2.50 bits per heavy atom. The number of hydrogen-bond acceptors (Lipinski definition) is 4. The lowest BCUT2D eigenvalue weighted by Crippen LogP contribution is -2.43. The Bertz CT molecular complexity index is 639. The Morgan fingerprint density at radius 1 is 1.35 bits per heavy atom. The maximum Gasteiger partial charge on any atom is 0.324 e. The highest BCUT2D eigenvalue weighted by Gasteiger charge is 2.37. The standard InChI is InChI=1S/C12H15FN2O4S/c1-12(7-2-3-8-12)14-20(18,19)10-6-4-5-9(13)11(10)15(16)17/h4-6,14H,2-3,7-8H2,1H3. The summed E-state index contributed by atoms with van der Waals surface area (Å²) < 4.78 is 40.6. The van der Waals surface area contributed by atoms with Gasteiger partial charge in [0.2, 0.25) is 15.8 Å². The van der Waals surface area contributed by atoms with Crippen LogP contribution in [0.5, 0.6) is 0 Å². The number of rotatable bonds is 4. The summed E-state index contributed by atoms with van der Waals surface area (Å²) in [6.07, 6.45) is 3.11. The molecule has 8 heteroatoms. The van der Waals surface area contributed by atoms with E-state index < -0.39 is 36.9 Å². The zero-order valence-electron chi connectivity index (χ0n) is 10.9. The molecule has 0 aliphatic heterocycles. The molecule has 0 radical (unpaired) electrons. The van der Waals surface area contributed by atoms with Crippen molar-refractivity contribution in [1.29, 1.82) is 0 Å². The van der Waals surface area contributed by atoms with Crippen molar-refractivity contribution in [1.82, 2.24) is 4.72 Å². The van der Waals surface area contributed by atoms with Crippen LogP contribution in [0.2, 0.25) is 0 Å². The average molecular weight is 302 g/mol. The van der Waals surface area contributed by atoms with E-state index in [1.807, 2.05) is 0 Å². The van der Waals surface area contributed by atoms with Crippen LogP contribution < -0.4 is 4.72 Å². The summed E-state index contributed by atoms with van der Waals surface area (Å²) in [6, 6.07) is 3.06. The molecule has 0 amide bonds. The van der Waals surface area contributed by atoms with Crippen LogP contribution in [0.15, 0.2) is 23.1 Å². The lowest BCUT2D eigenvalue weighted by atomic mass is 10.0. The van der Waals surface area contributed by atoms with Gasteiger partial charge in [0.15, 0.2) is 4.90 Å². The van der Waals surface area contributed by atoms with Crippen LogP contribution in [-0.4, -0.2) is 18.9 Å². The molecular formula is C12H15FN2O4S. The van der Waals surface area contributed by atoms with E-state index in [0.717, 1.165) is 31.0 Å². The summed E-state index contributed by atoms with van der Waals surface area (Å²) >= 11 is 0. The molecule has 1 aromatic carbocycles. The molecule has 0 heterocycles. The molecule has 1 fully saturated rings. The summed E-state index contributed by atoms with van der Waals surface area (Å²) in [4.78, 5) is 9.24. The second-order valence-electron chi connectivity index (χ2n) is 5.22. The van der Waals surface area contributed by atoms with E-state index >= 15 is 0 Å². The molecular weight excluding hydrogens is 287 g/mol. The fraction of sp³-hybridized carbons (Fsp3) is 0.500. The lowest BCUT2D eigenvalue weighted by molar-refractivity contribution is -0.390. The number of para-hydroxylation sites is 1. The fourth-order valence-corrected chi connectivity index (χ4v) is 4.17. The van der Waals surface area contributed by atoms with Crippen LogP contribution in [0.3, 0.4) is 0 Å². The van der Waals surface area contributed by atoms with Gasteiger partial charge in [0.25, 0.3) is 0 Å². The molecule has 2 rings (SSSR count). The molecule has 6 nitrogen and oxygen atoms in total. The van der Waals surface area contributed by atoms with Crippen LogP contribution in [0.4, 0.5) is 10.1 Å². The number of nitrogens with zero attached hydrogens (tertiary/aromatic N) is 1. The second-order valence-corrected chi connectivity index (χ2v) is 6.87. The van der Waals surface area contributed by atoms with Crippen LogP contribution in [0, 0.1) is 15.9 Å². The molecule has 20 heavy (non-hydrogen) atoms. The third-order valence-corrected chi connectivity index (χ3v) is 5.18. The Labute approximate surface area is 116 Å². The van der Waals surface area contributed by atoms with E-state index in [2.05, 4.69) is 4.72 Å². The van der Waals surface area contributed by atoms with Gasteiger partial charge in [-0.15, -0.1) is 0 Å². The summed E-state index contributed by atoms with van der Waals surface area (Å²) in [6.45, 7) is 1.75. The van der Waals surface area contributed by atoms with Gasteiger partial charge >= 0.3 is 5.69 Å². The van der Waals surface area contributed by atoms with Crippen LogP contribution >= 0.6 is 0 Å². The van der Waals surface area contributed by atoms with Crippen molar-refractivity contribution in [2.24, 2.45) is 0 Å². The van der Waals surface area contributed by atoms with Gasteiger partial charge in [0, 0.05) is 5.54 Å². The highest BCUT2D eigenvalue weighted by Crippen LogP contribution is 2.33. The molecule has 110 valence electrons. The maximum atomic E-state index is 13.5. The maximum absolute atomic E-state index is 13.5. The van der Waals surface area contributed by atoms with Crippen molar-refractivity contribution in [3.8, 4) is 0 Å². The van der Waals surface area contributed by atoms with Crippen molar-refractivity contribution < 1.29 is 17.7 Å². The van der Waals surface area contributed by atoms with Gasteiger partial charge < -0.3 is 0 Å². The molecule has 0 unspecified atom stereocenters. The van der Waals surface area contributed by atoms with Crippen molar-refractivity contribution in [2.45, 2.75) is 43.0 Å². The topological polar surface area (TPSA) is 89.3 Å². The Morgan fingerprint density at radius 2 is 1.95 bits per heavy atom. The van der Waals surface area contributed by atoms with E-state index in [1.165, 1.54) is 0 Å². The monoisotopic (exact) mass is 302 g/mol. The number of hydrogen-bond donors (Lipinski definition) is 1. The van der Waals surface area contributed by atoms with Gasteiger partial charge in [0.1, 0.15) is 0 Å². The minimum atomic E-state index is -4.13. The van der Waals surface area contributed by atoms with Gasteiger partial charge in [-0.2, -0.15) is 4.39 Å². The first-order valence-electron chi connectivity index (χ1n) is 6.22. The molecule has 1 aromatic rings. The number of nitrogens with one attached hydrogen (secondary N) is 1. The predicted molar refractivity (Wildman–Crippen MR) is 70.2 cm³/mol. The Kier molecular flexibility index (Phi) is 3.79. The molecule has 0 saturated heterocycles. The SMILES string of the molecule is CC1(NS(=O)(=O)c2cccc(F)c2[N+](=O)[O-])CCCC1. The molecule has 1 saturated carbocycles. The first-order valence-corrected chi connectivity index (χ1v) is 7.70. The third-order valence-electron chi connectivity index (χ3n) is 3.51. The number of sulfonamides is 1. The first-order chi connectivity index (χ1) is 9.25. The normalized spacial score (nSPS) is 18.1. The van der Waals surface area contributed by atoms with Crippen molar-refractivity contribution in [3.05, 3.63) is 34.1 Å². The smallest absolute Gasteiger partial charge is 0.258 e. The number of benzene rings is 1. The van der Waals surface area contributed by atoms with E-state index in [-0.39, 0.29) is 0 Å². The number of halogens is 1. The van der Waals surface area contributed by atoms with Crippen LogP contribution in [0.1, 0.15) is 32.6 Å². The Hall–Kier alpha value is -1.54. The average Bonchev–Trinajstić information content (AvgIpc) is 2.73. The van der Waals surface area contributed by atoms with Crippen LogP contribution in [0.25, 0.3) is 0 Å². The fourth-order valence-electron chi connectivity index (χ4n) is 2.53. The molecule has 1 N–H and O–H groups in total. The van der Waals surface area contributed by atoms with Gasteiger partial charge in [-0.05, 0) is 31.9 Å². The molecule has 0 bridgehead atoms. The van der Waals surface area contributed by atoms with E-state index in [9.17, 15) is 22.9 Å². The highest BCUT2D eigenvalue weighted by atomic mass is 32.2. The van der Waals surface area contributed by atoms with Gasteiger partial charge in [-0.1, -0.05) is 18.9 Å². The summed E-state index contributed by atoms with van der Waals surface area (Å²) in [5.41, 5.74) is -1.64. The number of nitro benzene ring substituents is 1. The first kappa shape index (κ1) is 14.9. The molecule has 0 aromatic heterocycles. The minimum absolute atomic E-state index is 0.626. The van der Waals surface area contributed by atoms with E-state index in [0.29, 0.717) is 12.8 Å². The van der Waals surface area contributed by atoms with Gasteiger partial charge in [0.05, 0.1) is 4.92 Å². The minimum Gasteiger partial charge on any atom is -0.258 e.